The molecule has 0 aliphatic heterocycles. The maximum absolute atomic E-state index is 4.41. The molecule has 0 aromatic carbocycles. The Kier molecular flexibility index (Phi) is 3.91. The standard InChI is InChI=1S/C12H18N4S/c1-9-12(17-10(2)14-9)8-13-6-4-11-5-7-16(3)15-11/h5,7,13H,4,6,8H2,1-3H3. The van der Waals surface area contributed by atoms with E-state index in [-0.39, 0.29) is 0 Å². The predicted octanol–water partition coefficient (Wildman–Crippen LogP) is 1.83. The molecule has 4 nitrogen and oxygen atoms in total. The van der Waals surface area contributed by atoms with Crippen LogP contribution in [0.2, 0.25) is 0 Å². The quantitative estimate of drug-likeness (QED) is 0.823. The summed E-state index contributed by atoms with van der Waals surface area (Å²) in [5.41, 5.74) is 2.29. The molecule has 1 N–H and O–H groups in total. The molecule has 2 rings (SSSR count). The molecule has 0 fully saturated rings. The zero-order valence-corrected chi connectivity index (χ0v) is 11.3. The van der Waals surface area contributed by atoms with Gasteiger partial charge in [0, 0.05) is 37.6 Å². The smallest absolute Gasteiger partial charge is 0.0900 e. The Labute approximate surface area is 106 Å². The zero-order chi connectivity index (χ0) is 12.3. The minimum absolute atomic E-state index is 0.907. The number of nitrogens with one attached hydrogen (secondary N) is 1. The minimum Gasteiger partial charge on any atom is -0.311 e. The van der Waals surface area contributed by atoms with Crippen LogP contribution in [0.5, 0.6) is 0 Å². The van der Waals surface area contributed by atoms with E-state index < -0.39 is 0 Å². The van der Waals surface area contributed by atoms with Crippen LogP contribution in [0.25, 0.3) is 0 Å². The third-order valence-electron chi connectivity index (χ3n) is 2.61. The van der Waals surface area contributed by atoms with Crippen LogP contribution in [0.15, 0.2) is 12.3 Å². The fourth-order valence-corrected chi connectivity index (χ4v) is 2.66. The Morgan fingerprint density at radius 1 is 1.41 bits per heavy atom. The van der Waals surface area contributed by atoms with Gasteiger partial charge in [-0.05, 0) is 19.9 Å². The molecule has 0 aliphatic carbocycles. The van der Waals surface area contributed by atoms with Crippen LogP contribution in [-0.4, -0.2) is 21.3 Å². The first-order valence-electron chi connectivity index (χ1n) is 5.77. The molecular formula is C12H18N4S. The van der Waals surface area contributed by atoms with Crippen molar-refractivity contribution in [3.8, 4) is 0 Å². The second-order valence-corrected chi connectivity index (χ2v) is 5.44. The van der Waals surface area contributed by atoms with Crippen LogP contribution < -0.4 is 5.32 Å². The van der Waals surface area contributed by atoms with Crippen LogP contribution in [0.1, 0.15) is 21.3 Å². The predicted molar refractivity (Wildman–Crippen MR) is 70.2 cm³/mol. The number of rotatable bonds is 5. The van der Waals surface area contributed by atoms with Gasteiger partial charge in [0.25, 0.3) is 0 Å². The number of nitrogens with zero attached hydrogens (tertiary/aromatic N) is 3. The van der Waals surface area contributed by atoms with E-state index in [1.54, 1.807) is 11.3 Å². The summed E-state index contributed by atoms with van der Waals surface area (Å²) in [6, 6.07) is 2.06. The molecule has 5 heteroatoms. The van der Waals surface area contributed by atoms with Crippen LogP contribution in [0.4, 0.5) is 0 Å². The summed E-state index contributed by atoms with van der Waals surface area (Å²) >= 11 is 1.77. The van der Waals surface area contributed by atoms with Crippen molar-refractivity contribution < 1.29 is 0 Å². The molecule has 0 bridgehead atoms. The highest BCUT2D eigenvalue weighted by Crippen LogP contribution is 2.16. The minimum atomic E-state index is 0.907. The SMILES string of the molecule is Cc1nc(C)c(CNCCc2ccn(C)n2)s1. The van der Waals surface area contributed by atoms with E-state index in [0.717, 1.165) is 35.9 Å². The van der Waals surface area contributed by atoms with Crippen molar-refractivity contribution in [1.29, 1.82) is 0 Å². The van der Waals surface area contributed by atoms with E-state index in [0.29, 0.717) is 0 Å². The van der Waals surface area contributed by atoms with Gasteiger partial charge >= 0.3 is 0 Å². The van der Waals surface area contributed by atoms with E-state index in [1.165, 1.54) is 4.88 Å². The summed E-state index contributed by atoms with van der Waals surface area (Å²) < 4.78 is 1.84. The van der Waals surface area contributed by atoms with E-state index in [1.807, 2.05) is 17.9 Å². The lowest BCUT2D eigenvalue weighted by Crippen LogP contribution is -2.16. The molecule has 0 atom stereocenters. The average molecular weight is 250 g/mol. The molecule has 0 radical (unpaired) electrons. The van der Waals surface area contributed by atoms with Gasteiger partial charge in [-0.2, -0.15) is 5.10 Å². The summed E-state index contributed by atoms with van der Waals surface area (Å²) in [5, 5.41) is 8.92. The first-order chi connectivity index (χ1) is 8.15. The molecule has 2 aromatic heterocycles. The monoisotopic (exact) mass is 250 g/mol. The topological polar surface area (TPSA) is 42.7 Å². The van der Waals surface area contributed by atoms with Gasteiger partial charge < -0.3 is 5.32 Å². The largest absolute Gasteiger partial charge is 0.311 e. The van der Waals surface area contributed by atoms with Crippen LogP contribution >= 0.6 is 11.3 Å². The summed E-state index contributed by atoms with van der Waals surface area (Å²) in [7, 11) is 1.94. The third-order valence-corrected chi connectivity index (χ3v) is 3.68. The van der Waals surface area contributed by atoms with E-state index in [2.05, 4.69) is 35.3 Å². The summed E-state index contributed by atoms with van der Waals surface area (Å²) in [4.78, 5) is 5.75. The van der Waals surface area contributed by atoms with Crippen LogP contribution in [-0.2, 0) is 20.0 Å². The molecule has 17 heavy (non-hydrogen) atoms. The number of thiazole rings is 1. The molecule has 0 saturated heterocycles. The van der Waals surface area contributed by atoms with Crippen molar-refractivity contribution in [1.82, 2.24) is 20.1 Å². The second kappa shape index (κ2) is 5.42. The Bertz CT molecular complexity index is 486. The average Bonchev–Trinajstić information content (AvgIpc) is 2.81. The summed E-state index contributed by atoms with van der Waals surface area (Å²) in [5.74, 6) is 0. The van der Waals surface area contributed by atoms with E-state index in [4.69, 9.17) is 0 Å². The highest BCUT2D eigenvalue weighted by molar-refractivity contribution is 7.11. The zero-order valence-electron chi connectivity index (χ0n) is 10.5. The van der Waals surface area contributed by atoms with Crippen molar-refractivity contribution in [3.63, 3.8) is 0 Å². The Hall–Kier alpha value is -1.20. The Balaban J connectivity index is 1.75. The van der Waals surface area contributed by atoms with Gasteiger partial charge in [-0.25, -0.2) is 4.98 Å². The number of aromatic nitrogens is 3. The van der Waals surface area contributed by atoms with Crippen LogP contribution in [0.3, 0.4) is 0 Å². The summed E-state index contributed by atoms with van der Waals surface area (Å²) in [6.45, 7) is 5.98. The van der Waals surface area contributed by atoms with Crippen LogP contribution in [0, 0.1) is 13.8 Å². The number of hydrogen-bond donors (Lipinski definition) is 1. The maximum Gasteiger partial charge on any atom is 0.0900 e. The third kappa shape index (κ3) is 3.38. The number of aryl methyl sites for hydroxylation is 3. The second-order valence-electron chi connectivity index (χ2n) is 4.15. The highest BCUT2D eigenvalue weighted by atomic mass is 32.1. The molecule has 0 saturated carbocycles. The van der Waals surface area contributed by atoms with Crippen molar-refractivity contribution in [3.05, 3.63) is 33.5 Å². The molecule has 0 unspecified atom stereocenters. The van der Waals surface area contributed by atoms with Crippen molar-refractivity contribution in [2.45, 2.75) is 26.8 Å². The van der Waals surface area contributed by atoms with E-state index in [9.17, 15) is 0 Å². The van der Waals surface area contributed by atoms with Crippen molar-refractivity contribution >= 4 is 11.3 Å². The van der Waals surface area contributed by atoms with Gasteiger partial charge in [-0.3, -0.25) is 4.68 Å². The molecule has 0 spiro atoms. The van der Waals surface area contributed by atoms with Gasteiger partial charge in [0.1, 0.15) is 0 Å². The first-order valence-corrected chi connectivity index (χ1v) is 6.59. The lowest BCUT2D eigenvalue weighted by Gasteiger charge is -2.01. The molecule has 2 heterocycles. The molecule has 92 valence electrons. The molecule has 0 amide bonds. The highest BCUT2D eigenvalue weighted by Gasteiger charge is 2.04. The lowest BCUT2D eigenvalue weighted by atomic mass is 10.3. The first kappa shape index (κ1) is 12.3. The van der Waals surface area contributed by atoms with Gasteiger partial charge in [-0.1, -0.05) is 0 Å². The summed E-state index contributed by atoms with van der Waals surface area (Å²) in [6.07, 6.45) is 2.95. The van der Waals surface area contributed by atoms with Gasteiger partial charge in [0.15, 0.2) is 0 Å². The molecule has 2 aromatic rings. The maximum atomic E-state index is 4.41. The lowest BCUT2D eigenvalue weighted by molar-refractivity contribution is 0.668. The van der Waals surface area contributed by atoms with Crippen molar-refractivity contribution in [2.24, 2.45) is 7.05 Å². The number of hydrogen-bond acceptors (Lipinski definition) is 4. The Morgan fingerprint density at radius 3 is 2.82 bits per heavy atom. The van der Waals surface area contributed by atoms with Crippen molar-refractivity contribution in [2.75, 3.05) is 6.54 Å². The van der Waals surface area contributed by atoms with Gasteiger partial charge in [0.05, 0.1) is 16.4 Å². The van der Waals surface area contributed by atoms with E-state index >= 15 is 0 Å². The van der Waals surface area contributed by atoms with Gasteiger partial charge in [0.2, 0.25) is 0 Å². The molecular weight excluding hydrogens is 232 g/mol. The normalized spacial score (nSPS) is 11.0. The Morgan fingerprint density at radius 2 is 2.24 bits per heavy atom. The molecule has 0 aliphatic rings. The fourth-order valence-electron chi connectivity index (χ4n) is 1.75. The fraction of sp³-hybridized carbons (Fsp3) is 0.500. The van der Waals surface area contributed by atoms with Gasteiger partial charge in [-0.15, -0.1) is 11.3 Å².